The van der Waals surface area contributed by atoms with Gasteiger partial charge < -0.3 is 20.3 Å². The molecule has 0 aromatic carbocycles. The number of ether oxygens (including phenoxy) is 1. The molecule has 0 atom stereocenters. The van der Waals surface area contributed by atoms with Gasteiger partial charge in [-0.1, -0.05) is 12.8 Å². The van der Waals surface area contributed by atoms with Crippen molar-refractivity contribution in [3.8, 4) is 0 Å². The lowest BCUT2D eigenvalue weighted by atomic mass is 10.2. The summed E-state index contributed by atoms with van der Waals surface area (Å²) in [4.78, 5) is 9.36. The number of rotatable bonds is 7. The van der Waals surface area contributed by atoms with Crippen molar-refractivity contribution in [2.24, 2.45) is 4.99 Å². The van der Waals surface area contributed by atoms with Crippen molar-refractivity contribution in [3.63, 3.8) is 0 Å². The molecule has 2 aliphatic heterocycles. The van der Waals surface area contributed by atoms with Gasteiger partial charge in [-0.3, -0.25) is 9.89 Å². The third-order valence-electron chi connectivity index (χ3n) is 4.69. The van der Waals surface area contributed by atoms with Gasteiger partial charge in [0.1, 0.15) is 0 Å². The van der Waals surface area contributed by atoms with Gasteiger partial charge in [0, 0.05) is 39.8 Å². The molecule has 0 unspecified atom stereocenters. The molecule has 2 heterocycles. The fourth-order valence-electron chi connectivity index (χ4n) is 3.25. The molecule has 2 fully saturated rings. The van der Waals surface area contributed by atoms with E-state index in [9.17, 15) is 0 Å². The van der Waals surface area contributed by atoms with E-state index < -0.39 is 0 Å². The number of nitrogens with one attached hydrogen (secondary N) is 2. The summed E-state index contributed by atoms with van der Waals surface area (Å²) in [6, 6.07) is 0. The summed E-state index contributed by atoms with van der Waals surface area (Å²) in [7, 11) is 1.85. The predicted octanol–water partition coefficient (Wildman–Crippen LogP) is 1.37. The highest BCUT2D eigenvalue weighted by Crippen LogP contribution is 2.09. The van der Waals surface area contributed by atoms with Gasteiger partial charge in [0.2, 0.25) is 0 Å². The van der Waals surface area contributed by atoms with Crippen LogP contribution in [0.4, 0.5) is 0 Å². The Kier molecular flexibility index (Phi) is 12.9. The Labute approximate surface area is 164 Å². The van der Waals surface area contributed by atoms with Crippen molar-refractivity contribution < 1.29 is 4.74 Å². The van der Waals surface area contributed by atoms with Gasteiger partial charge in [-0.2, -0.15) is 0 Å². The minimum Gasteiger partial charge on any atom is -0.379 e. The van der Waals surface area contributed by atoms with E-state index in [1.807, 2.05) is 7.05 Å². The summed E-state index contributed by atoms with van der Waals surface area (Å²) in [6.45, 7) is 10.6. The van der Waals surface area contributed by atoms with Crippen LogP contribution in [0.5, 0.6) is 0 Å². The molecule has 0 amide bonds. The second-order valence-corrected chi connectivity index (χ2v) is 6.49. The first-order chi connectivity index (χ1) is 11.4. The summed E-state index contributed by atoms with van der Waals surface area (Å²) < 4.78 is 5.37. The lowest BCUT2D eigenvalue weighted by Crippen LogP contribution is -2.44. The molecular weight excluding hydrogens is 417 g/mol. The molecule has 0 bridgehead atoms. The molecule has 6 nitrogen and oxygen atoms in total. The van der Waals surface area contributed by atoms with Gasteiger partial charge in [-0.25, -0.2) is 0 Å². The Morgan fingerprint density at radius 3 is 2.17 bits per heavy atom. The summed E-state index contributed by atoms with van der Waals surface area (Å²) in [5, 5.41) is 6.84. The smallest absolute Gasteiger partial charge is 0.191 e. The molecular formula is C17H36IN5O. The average molecular weight is 453 g/mol. The maximum absolute atomic E-state index is 5.37. The van der Waals surface area contributed by atoms with Gasteiger partial charge in [0.05, 0.1) is 13.2 Å². The van der Waals surface area contributed by atoms with Crippen LogP contribution in [0.2, 0.25) is 0 Å². The first-order valence-corrected chi connectivity index (χ1v) is 9.35. The molecule has 2 N–H and O–H groups in total. The average Bonchev–Trinajstić information content (AvgIpc) is 2.87. The zero-order valence-corrected chi connectivity index (χ0v) is 17.6. The molecule has 0 aliphatic carbocycles. The fraction of sp³-hybridized carbons (Fsp3) is 0.941. The van der Waals surface area contributed by atoms with Crippen molar-refractivity contribution >= 4 is 29.9 Å². The van der Waals surface area contributed by atoms with Crippen molar-refractivity contribution in [2.45, 2.75) is 32.1 Å². The lowest BCUT2D eigenvalue weighted by molar-refractivity contribution is 0.0389. The first kappa shape index (κ1) is 21.9. The zero-order chi connectivity index (χ0) is 16.2. The number of guanidine groups is 1. The Hall–Kier alpha value is -0.120. The number of hydrogen-bond acceptors (Lipinski definition) is 4. The molecule has 142 valence electrons. The number of hydrogen-bond donors (Lipinski definition) is 2. The SMILES string of the molecule is CN=C(NCCCN1CCCCCC1)NCCN1CCOCC1.I. The second kappa shape index (κ2) is 14.1. The maximum Gasteiger partial charge on any atom is 0.191 e. The topological polar surface area (TPSA) is 52.1 Å². The number of nitrogens with zero attached hydrogens (tertiary/aromatic N) is 3. The van der Waals surface area contributed by atoms with E-state index in [-0.39, 0.29) is 24.0 Å². The monoisotopic (exact) mass is 453 g/mol. The molecule has 0 aromatic rings. The van der Waals surface area contributed by atoms with Crippen molar-refractivity contribution in [1.29, 1.82) is 0 Å². The predicted molar refractivity (Wildman–Crippen MR) is 112 cm³/mol. The van der Waals surface area contributed by atoms with Crippen LogP contribution in [0.25, 0.3) is 0 Å². The molecule has 2 saturated heterocycles. The van der Waals surface area contributed by atoms with Crippen molar-refractivity contribution in [3.05, 3.63) is 0 Å². The van der Waals surface area contributed by atoms with E-state index in [4.69, 9.17) is 4.74 Å². The molecule has 24 heavy (non-hydrogen) atoms. The minimum atomic E-state index is 0. The number of halogens is 1. The maximum atomic E-state index is 5.37. The highest BCUT2D eigenvalue weighted by Gasteiger charge is 2.10. The van der Waals surface area contributed by atoms with E-state index >= 15 is 0 Å². The third-order valence-corrected chi connectivity index (χ3v) is 4.69. The third kappa shape index (κ3) is 9.39. The minimum absolute atomic E-state index is 0. The van der Waals surface area contributed by atoms with Gasteiger partial charge in [0.15, 0.2) is 5.96 Å². The Morgan fingerprint density at radius 2 is 1.50 bits per heavy atom. The molecule has 0 saturated carbocycles. The van der Waals surface area contributed by atoms with Gasteiger partial charge >= 0.3 is 0 Å². The summed E-state index contributed by atoms with van der Waals surface area (Å²) in [5.41, 5.74) is 0. The second-order valence-electron chi connectivity index (χ2n) is 6.49. The largest absolute Gasteiger partial charge is 0.379 e. The van der Waals surface area contributed by atoms with Crippen molar-refractivity contribution in [2.75, 3.05) is 72.6 Å². The zero-order valence-electron chi connectivity index (χ0n) is 15.3. The van der Waals surface area contributed by atoms with E-state index in [1.54, 1.807) is 0 Å². The van der Waals surface area contributed by atoms with E-state index in [2.05, 4.69) is 25.4 Å². The van der Waals surface area contributed by atoms with Gasteiger partial charge in [-0.15, -0.1) is 24.0 Å². The fourth-order valence-corrected chi connectivity index (χ4v) is 3.25. The Bertz CT molecular complexity index is 329. The molecule has 2 aliphatic rings. The van der Waals surface area contributed by atoms with Crippen LogP contribution in [-0.2, 0) is 4.74 Å². The molecule has 0 aromatic heterocycles. The van der Waals surface area contributed by atoms with Gasteiger partial charge in [-0.05, 0) is 38.9 Å². The molecule has 2 rings (SSSR count). The van der Waals surface area contributed by atoms with Crippen LogP contribution in [0.1, 0.15) is 32.1 Å². The molecule has 7 heteroatoms. The molecule has 0 radical (unpaired) electrons. The quantitative estimate of drug-likeness (QED) is 0.264. The van der Waals surface area contributed by atoms with Gasteiger partial charge in [0.25, 0.3) is 0 Å². The number of aliphatic imine (C=N–C) groups is 1. The van der Waals surface area contributed by atoms with Crippen LogP contribution in [0.15, 0.2) is 4.99 Å². The summed E-state index contributed by atoms with van der Waals surface area (Å²) >= 11 is 0. The summed E-state index contributed by atoms with van der Waals surface area (Å²) in [6.07, 6.45) is 6.75. The lowest BCUT2D eigenvalue weighted by Gasteiger charge is -2.26. The molecule has 0 spiro atoms. The van der Waals surface area contributed by atoms with Crippen LogP contribution < -0.4 is 10.6 Å². The number of morpholine rings is 1. The summed E-state index contributed by atoms with van der Waals surface area (Å²) in [5.74, 6) is 0.925. The van der Waals surface area contributed by atoms with E-state index in [0.717, 1.165) is 51.9 Å². The normalized spacial score (nSPS) is 21.0. The van der Waals surface area contributed by atoms with E-state index in [1.165, 1.54) is 51.7 Å². The standard InChI is InChI=1S/C17H35N5O.HI/c1-18-17(20-8-12-22-13-15-23-16-14-22)19-7-6-11-21-9-4-2-3-5-10-21;/h2-16H2,1H3,(H2,18,19,20);1H. The number of likely N-dealkylation sites (tertiary alicyclic amines) is 1. The van der Waals surface area contributed by atoms with Crippen LogP contribution in [-0.4, -0.2) is 88.4 Å². The van der Waals surface area contributed by atoms with Crippen LogP contribution in [0.3, 0.4) is 0 Å². The Balaban J connectivity index is 0.00000288. The first-order valence-electron chi connectivity index (χ1n) is 9.35. The van der Waals surface area contributed by atoms with Crippen molar-refractivity contribution in [1.82, 2.24) is 20.4 Å². The Morgan fingerprint density at radius 1 is 0.875 bits per heavy atom. The highest BCUT2D eigenvalue weighted by molar-refractivity contribution is 14.0. The van der Waals surface area contributed by atoms with E-state index in [0.29, 0.717) is 0 Å². The highest BCUT2D eigenvalue weighted by atomic mass is 127. The van der Waals surface area contributed by atoms with Crippen LogP contribution >= 0.6 is 24.0 Å². The van der Waals surface area contributed by atoms with Crippen LogP contribution in [0, 0.1) is 0 Å².